The third-order valence-electron chi connectivity index (χ3n) is 5.09. The summed E-state index contributed by atoms with van der Waals surface area (Å²) in [7, 11) is 0. The zero-order valence-electron chi connectivity index (χ0n) is 14.8. The van der Waals surface area contributed by atoms with Crippen LogP contribution in [0.4, 0.5) is 19.0 Å². The van der Waals surface area contributed by atoms with Gasteiger partial charge in [-0.2, -0.15) is 13.2 Å². The fraction of sp³-hybridized carbons (Fsp3) is 0.500. The smallest absolute Gasteiger partial charge is 0.418 e. The van der Waals surface area contributed by atoms with E-state index in [1.165, 1.54) is 0 Å². The van der Waals surface area contributed by atoms with Crippen molar-refractivity contribution in [3.05, 3.63) is 23.4 Å². The molecule has 2 aromatic heterocycles. The highest BCUT2D eigenvalue weighted by Gasteiger charge is 2.33. The summed E-state index contributed by atoms with van der Waals surface area (Å²) >= 11 is 0. The first kappa shape index (κ1) is 18.7. The fourth-order valence-corrected chi connectivity index (χ4v) is 3.62. The third-order valence-corrected chi connectivity index (χ3v) is 5.09. The molecule has 150 valence electrons. The molecule has 2 atom stereocenters. The first-order valence-corrected chi connectivity index (χ1v) is 9.08. The van der Waals surface area contributed by atoms with E-state index in [-0.39, 0.29) is 17.4 Å². The maximum absolute atomic E-state index is 12.8. The number of pyridine rings is 1. The molecule has 1 aliphatic heterocycles. The number of hydrogen-bond acceptors (Lipinski definition) is 7. The summed E-state index contributed by atoms with van der Waals surface area (Å²) in [5, 5.41) is 31.6. The number of rotatable bonds is 3. The number of aliphatic hydroxyl groups is 1. The molecule has 1 saturated carbocycles. The van der Waals surface area contributed by atoms with Crippen LogP contribution in [0, 0.1) is 0 Å². The number of alkyl halides is 3. The monoisotopic (exact) mass is 396 g/mol. The molecular weight excluding hydrogens is 377 g/mol. The quantitative estimate of drug-likeness (QED) is 0.733. The van der Waals surface area contributed by atoms with Crippen LogP contribution >= 0.6 is 0 Å². The van der Waals surface area contributed by atoms with Crippen LogP contribution in [0.15, 0.2) is 12.3 Å². The van der Waals surface area contributed by atoms with Crippen molar-refractivity contribution < 1.29 is 28.1 Å². The normalized spacial score (nSPS) is 21.9. The van der Waals surface area contributed by atoms with E-state index in [2.05, 4.69) is 20.5 Å². The Morgan fingerprint density at radius 1 is 1.14 bits per heavy atom. The highest BCUT2D eigenvalue weighted by Crippen LogP contribution is 2.42. The number of ether oxygens (including phenoxy) is 1. The average Bonchev–Trinajstić information content (AvgIpc) is 3.13. The van der Waals surface area contributed by atoms with Crippen molar-refractivity contribution in [1.82, 2.24) is 15.2 Å². The van der Waals surface area contributed by atoms with Crippen LogP contribution in [0.1, 0.15) is 36.8 Å². The number of aliphatic hydroxyl groups excluding tert-OH is 1. The third kappa shape index (κ3) is 3.44. The van der Waals surface area contributed by atoms with E-state index in [0.717, 1.165) is 19.3 Å². The Hall–Kier alpha value is -2.62. The summed E-state index contributed by atoms with van der Waals surface area (Å²) in [5.41, 5.74) is -0.371. The Morgan fingerprint density at radius 3 is 2.64 bits per heavy atom. The van der Waals surface area contributed by atoms with Crippen LogP contribution in [0.5, 0.6) is 11.5 Å². The molecule has 1 fully saturated rings. The summed E-state index contributed by atoms with van der Waals surface area (Å²) in [6, 6.07) is 0.465. The highest BCUT2D eigenvalue weighted by atomic mass is 19.4. The lowest BCUT2D eigenvalue weighted by atomic mass is 9.92. The molecule has 0 amide bonds. The van der Waals surface area contributed by atoms with E-state index in [1.54, 1.807) is 0 Å². The topological polar surface area (TPSA) is 100 Å². The molecule has 0 spiro atoms. The molecular formula is C18H19F3N4O3. The first-order valence-electron chi connectivity index (χ1n) is 9.08. The molecule has 0 unspecified atom stereocenters. The lowest BCUT2D eigenvalue weighted by Crippen LogP contribution is -2.36. The molecule has 0 radical (unpaired) electrons. The minimum Gasteiger partial charge on any atom is -0.506 e. The van der Waals surface area contributed by atoms with Gasteiger partial charge in [-0.3, -0.25) is 0 Å². The summed E-state index contributed by atoms with van der Waals surface area (Å²) in [6.07, 6.45) is -0.415. The van der Waals surface area contributed by atoms with Crippen molar-refractivity contribution in [1.29, 1.82) is 0 Å². The summed E-state index contributed by atoms with van der Waals surface area (Å²) in [5.74, 6) is 0.171. The molecule has 0 saturated heterocycles. The van der Waals surface area contributed by atoms with Crippen molar-refractivity contribution in [2.75, 3.05) is 11.9 Å². The van der Waals surface area contributed by atoms with Gasteiger partial charge in [-0.25, -0.2) is 4.98 Å². The second-order valence-corrected chi connectivity index (χ2v) is 7.00. The van der Waals surface area contributed by atoms with Crippen molar-refractivity contribution in [3.63, 3.8) is 0 Å². The molecule has 3 heterocycles. The SMILES string of the molecule is Oc1cc(C(F)(F)F)cnc1-c1nnc(N[C@@H]2CCCC[C@H]2O)c2c1OCC2. The van der Waals surface area contributed by atoms with Gasteiger partial charge >= 0.3 is 6.18 Å². The standard InChI is InChI=1S/C18H19F3N4O3/c19-18(20,21)9-7-13(27)14(22-8-9)15-16-10(5-6-28-16)17(25-24-15)23-11-3-1-2-4-12(11)26/h7-8,11-12,26-27H,1-6H2,(H,23,25)/t11-,12-/m1/s1. The number of nitrogens with one attached hydrogen (secondary N) is 1. The number of anilines is 1. The number of aromatic hydroxyl groups is 1. The molecule has 3 N–H and O–H groups in total. The van der Waals surface area contributed by atoms with Gasteiger partial charge in [0.2, 0.25) is 0 Å². The summed E-state index contributed by atoms with van der Waals surface area (Å²) < 4.78 is 44.0. The van der Waals surface area contributed by atoms with Gasteiger partial charge in [0, 0.05) is 18.2 Å². The van der Waals surface area contributed by atoms with Crippen LogP contribution in [0.2, 0.25) is 0 Å². The molecule has 1 aliphatic carbocycles. The van der Waals surface area contributed by atoms with Gasteiger partial charge < -0.3 is 20.3 Å². The maximum Gasteiger partial charge on any atom is 0.418 e. The number of nitrogens with zero attached hydrogens (tertiary/aromatic N) is 3. The Labute approximate surface area is 158 Å². The predicted octanol–water partition coefficient (Wildman–Crippen LogP) is 2.91. The van der Waals surface area contributed by atoms with Crippen molar-refractivity contribution in [2.24, 2.45) is 0 Å². The molecule has 10 heteroatoms. The lowest BCUT2D eigenvalue weighted by molar-refractivity contribution is -0.137. The second kappa shape index (κ2) is 7.08. The van der Waals surface area contributed by atoms with Gasteiger partial charge in [0.05, 0.1) is 24.3 Å². The number of halogens is 3. The summed E-state index contributed by atoms with van der Waals surface area (Å²) in [4.78, 5) is 3.74. The second-order valence-electron chi connectivity index (χ2n) is 7.00. The summed E-state index contributed by atoms with van der Waals surface area (Å²) in [6.45, 7) is 0.360. The minimum absolute atomic E-state index is 0.0912. The lowest BCUT2D eigenvalue weighted by Gasteiger charge is -2.29. The zero-order valence-corrected chi connectivity index (χ0v) is 14.8. The van der Waals surface area contributed by atoms with E-state index in [0.29, 0.717) is 48.8 Å². The average molecular weight is 396 g/mol. The van der Waals surface area contributed by atoms with Crippen LogP contribution in [0.3, 0.4) is 0 Å². The molecule has 28 heavy (non-hydrogen) atoms. The van der Waals surface area contributed by atoms with Gasteiger partial charge in [-0.15, -0.1) is 10.2 Å². The zero-order chi connectivity index (χ0) is 19.9. The van der Waals surface area contributed by atoms with Crippen molar-refractivity contribution in [3.8, 4) is 22.9 Å². The van der Waals surface area contributed by atoms with E-state index in [9.17, 15) is 23.4 Å². The molecule has 0 aromatic carbocycles. The first-order chi connectivity index (χ1) is 13.3. The van der Waals surface area contributed by atoms with Crippen LogP contribution in [0.25, 0.3) is 11.4 Å². The molecule has 2 aliphatic rings. The van der Waals surface area contributed by atoms with Crippen molar-refractivity contribution >= 4 is 5.82 Å². The van der Waals surface area contributed by atoms with E-state index in [1.807, 2.05) is 0 Å². The largest absolute Gasteiger partial charge is 0.506 e. The van der Waals surface area contributed by atoms with Gasteiger partial charge in [0.15, 0.2) is 17.3 Å². The molecule has 0 bridgehead atoms. The van der Waals surface area contributed by atoms with Gasteiger partial charge in [-0.1, -0.05) is 12.8 Å². The number of fused-ring (bicyclic) bond motifs is 1. The predicted molar refractivity (Wildman–Crippen MR) is 93.0 cm³/mol. The maximum atomic E-state index is 12.8. The Kier molecular flexibility index (Phi) is 4.74. The van der Waals surface area contributed by atoms with E-state index < -0.39 is 23.6 Å². The van der Waals surface area contributed by atoms with Gasteiger partial charge in [0.1, 0.15) is 11.4 Å². The number of aromatic nitrogens is 3. The van der Waals surface area contributed by atoms with Crippen molar-refractivity contribution in [2.45, 2.75) is 50.4 Å². The Morgan fingerprint density at radius 2 is 1.93 bits per heavy atom. The van der Waals surface area contributed by atoms with E-state index >= 15 is 0 Å². The molecule has 4 rings (SSSR count). The Balaban J connectivity index is 1.68. The molecule has 2 aromatic rings. The van der Waals surface area contributed by atoms with Gasteiger partial charge in [0.25, 0.3) is 0 Å². The highest BCUT2D eigenvalue weighted by molar-refractivity contribution is 5.73. The van der Waals surface area contributed by atoms with Crippen LogP contribution in [-0.2, 0) is 12.6 Å². The fourth-order valence-electron chi connectivity index (χ4n) is 3.62. The van der Waals surface area contributed by atoms with Crippen LogP contribution < -0.4 is 10.1 Å². The van der Waals surface area contributed by atoms with E-state index in [4.69, 9.17) is 4.74 Å². The minimum atomic E-state index is -4.61. The Bertz CT molecular complexity index is 891. The number of hydrogen-bond donors (Lipinski definition) is 3. The van der Waals surface area contributed by atoms with Gasteiger partial charge in [-0.05, 0) is 18.9 Å². The molecule has 7 nitrogen and oxygen atoms in total. The van der Waals surface area contributed by atoms with Crippen LogP contribution in [-0.4, -0.2) is 44.1 Å².